The zero-order chi connectivity index (χ0) is 7.07. The first kappa shape index (κ1) is 19.8. The summed E-state index contributed by atoms with van der Waals surface area (Å²) in [6, 6.07) is 0. The molecule has 0 unspecified atom stereocenters. The van der Waals surface area contributed by atoms with Crippen LogP contribution in [0.2, 0.25) is 0 Å². The van der Waals surface area contributed by atoms with Gasteiger partial charge in [0, 0.05) is 0 Å². The van der Waals surface area contributed by atoms with Crippen molar-refractivity contribution in [3.05, 3.63) is 48.6 Å². The van der Waals surface area contributed by atoms with Crippen LogP contribution >= 0.6 is 0 Å². The third-order valence-electron chi connectivity index (χ3n) is 1.17. The van der Waals surface area contributed by atoms with Crippen molar-refractivity contribution >= 4 is 0 Å². The van der Waals surface area contributed by atoms with E-state index in [1.807, 2.05) is 24.3 Å². The SMILES string of the molecule is [C-]1=CC=CC1.[C-]1=CC=CC1.[Hf+4].[I-].[I-]. The smallest absolute Gasteiger partial charge is 1.00 e. The zero-order valence-electron chi connectivity index (χ0n) is 7.13. The number of rotatable bonds is 0. The van der Waals surface area contributed by atoms with Crippen molar-refractivity contribution in [2.24, 2.45) is 0 Å². The molecule has 0 aliphatic heterocycles. The minimum atomic E-state index is 0. The van der Waals surface area contributed by atoms with Crippen molar-refractivity contribution in [3.63, 3.8) is 0 Å². The Labute approximate surface area is 133 Å². The van der Waals surface area contributed by atoms with Crippen LogP contribution < -0.4 is 48.0 Å². The Morgan fingerprint density at radius 1 is 0.769 bits per heavy atom. The third kappa shape index (κ3) is 13.3. The summed E-state index contributed by atoms with van der Waals surface area (Å²) in [7, 11) is 0. The second kappa shape index (κ2) is 15.7. The monoisotopic (exact) mass is 564 g/mol. The van der Waals surface area contributed by atoms with Gasteiger partial charge >= 0.3 is 25.8 Å². The molecule has 2 aliphatic rings. The number of allylic oxidation sites excluding steroid dienone is 8. The molecule has 0 fully saturated rings. The van der Waals surface area contributed by atoms with E-state index in [0.29, 0.717) is 0 Å². The van der Waals surface area contributed by atoms with Crippen LogP contribution in [0.3, 0.4) is 0 Å². The molecule has 3 heteroatoms. The molecule has 13 heavy (non-hydrogen) atoms. The molecule has 0 atom stereocenters. The van der Waals surface area contributed by atoms with E-state index in [2.05, 4.69) is 24.3 Å². The summed E-state index contributed by atoms with van der Waals surface area (Å²) in [5, 5.41) is 0. The van der Waals surface area contributed by atoms with E-state index in [4.69, 9.17) is 0 Å². The van der Waals surface area contributed by atoms with Gasteiger partial charge in [-0.3, -0.25) is 12.2 Å². The standard InChI is InChI=1S/2C5H5.Hf.2HI/c2*1-2-4-5-3-1;;;/h2*1-3H,4H2;;2*1H/q2*-1;+4;;/p-2. The average molecular weight is 562 g/mol. The maximum absolute atomic E-state index is 2.99. The van der Waals surface area contributed by atoms with Crippen molar-refractivity contribution < 1.29 is 73.8 Å². The molecule has 0 aromatic rings. The van der Waals surface area contributed by atoms with Crippen LogP contribution in [0.25, 0.3) is 0 Å². The summed E-state index contributed by atoms with van der Waals surface area (Å²) in [6.07, 6.45) is 20.0. The van der Waals surface area contributed by atoms with Gasteiger partial charge in [0.05, 0.1) is 0 Å². The van der Waals surface area contributed by atoms with E-state index in [9.17, 15) is 0 Å². The zero-order valence-corrected chi connectivity index (χ0v) is 15.0. The van der Waals surface area contributed by atoms with Gasteiger partial charge in [0.2, 0.25) is 0 Å². The molecule has 0 saturated heterocycles. The first-order chi connectivity index (χ1) is 5.00. The van der Waals surface area contributed by atoms with Gasteiger partial charge in [0.15, 0.2) is 0 Å². The Hall–Kier alpha value is 1.29. The molecule has 0 radical (unpaired) electrons. The molecular formula is C10H10HfI2. The van der Waals surface area contributed by atoms with Crippen LogP contribution in [0.4, 0.5) is 0 Å². The predicted octanol–water partition coefficient (Wildman–Crippen LogP) is -3.38. The molecular weight excluding hydrogens is 552 g/mol. The second-order valence-corrected chi connectivity index (χ2v) is 2.01. The van der Waals surface area contributed by atoms with Gasteiger partial charge in [-0.15, -0.1) is 12.8 Å². The molecule has 0 aromatic heterocycles. The van der Waals surface area contributed by atoms with E-state index in [1.165, 1.54) is 0 Å². The van der Waals surface area contributed by atoms with Crippen LogP contribution in [0.15, 0.2) is 36.5 Å². The molecule has 0 nitrogen and oxygen atoms in total. The molecule has 0 aromatic carbocycles. The fourth-order valence-electron chi connectivity index (χ4n) is 0.680. The Kier molecular flexibility index (Phi) is 24.0. The van der Waals surface area contributed by atoms with Crippen LogP contribution in [-0.2, 0) is 25.8 Å². The summed E-state index contributed by atoms with van der Waals surface area (Å²) in [5.41, 5.74) is 0. The molecule has 0 saturated carbocycles. The van der Waals surface area contributed by atoms with Crippen LogP contribution in [0.5, 0.6) is 0 Å². The number of hydrogen-bond donors (Lipinski definition) is 0. The summed E-state index contributed by atoms with van der Waals surface area (Å²) >= 11 is 0. The molecule has 0 amide bonds. The van der Waals surface area contributed by atoms with Gasteiger partial charge in [-0.2, -0.15) is 12.2 Å². The van der Waals surface area contributed by atoms with Crippen molar-refractivity contribution in [1.29, 1.82) is 0 Å². The summed E-state index contributed by atoms with van der Waals surface area (Å²) < 4.78 is 0. The Morgan fingerprint density at radius 3 is 1.23 bits per heavy atom. The maximum Gasteiger partial charge on any atom is 4.00 e. The van der Waals surface area contributed by atoms with E-state index in [0.717, 1.165) is 12.8 Å². The minimum absolute atomic E-state index is 0. The van der Waals surface area contributed by atoms with E-state index >= 15 is 0 Å². The normalized spacial score (nSPS) is 13.5. The summed E-state index contributed by atoms with van der Waals surface area (Å²) in [5.74, 6) is 0. The van der Waals surface area contributed by atoms with Crippen molar-refractivity contribution in [2.45, 2.75) is 12.8 Å². The van der Waals surface area contributed by atoms with Crippen molar-refractivity contribution in [3.8, 4) is 0 Å². The maximum atomic E-state index is 2.99. The fourth-order valence-corrected chi connectivity index (χ4v) is 0.680. The van der Waals surface area contributed by atoms with Gasteiger partial charge in [0.1, 0.15) is 0 Å². The first-order valence-electron chi connectivity index (χ1n) is 3.43. The average Bonchev–Trinajstić information content (AvgIpc) is 2.67. The predicted molar refractivity (Wildman–Crippen MR) is 43.1 cm³/mol. The fraction of sp³-hybridized carbons (Fsp3) is 0.200. The van der Waals surface area contributed by atoms with Crippen LogP contribution in [0, 0.1) is 12.2 Å². The summed E-state index contributed by atoms with van der Waals surface area (Å²) in [6.45, 7) is 0. The largest absolute Gasteiger partial charge is 4.00 e. The first-order valence-corrected chi connectivity index (χ1v) is 3.43. The van der Waals surface area contributed by atoms with Gasteiger partial charge in [-0.05, 0) is 0 Å². The van der Waals surface area contributed by atoms with Crippen LogP contribution in [-0.4, -0.2) is 0 Å². The minimum Gasteiger partial charge on any atom is -1.00 e. The molecule has 2 aliphatic carbocycles. The number of halogens is 2. The van der Waals surface area contributed by atoms with E-state index in [1.54, 1.807) is 0 Å². The van der Waals surface area contributed by atoms with Crippen molar-refractivity contribution in [1.82, 2.24) is 0 Å². The Morgan fingerprint density at radius 2 is 1.15 bits per heavy atom. The molecule has 68 valence electrons. The molecule has 0 heterocycles. The Balaban J connectivity index is -0.000000125. The van der Waals surface area contributed by atoms with Gasteiger partial charge in [0.25, 0.3) is 0 Å². The molecule has 0 N–H and O–H groups in total. The molecule has 2 rings (SSSR count). The Bertz CT molecular complexity index is 151. The topological polar surface area (TPSA) is 0 Å². The summed E-state index contributed by atoms with van der Waals surface area (Å²) in [4.78, 5) is 0. The van der Waals surface area contributed by atoms with Crippen LogP contribution in [0.1, 0.15) is 12.8 Å². The van der Waals surface area contributed by atoms with E-state index < -0.39 is 0 Å². The van der Waals surface area contributed by atoms with Gasteiger partial charge in [-0.1, -0.05) is 0 Å². The third-order valence-corrected chi connectivity index (χ3v) is 1.17. The quantitative estimate of drug-likeness (QED) is 0.164. The van der Waals surface area contributed by atoms with Gasteiger partial charge < -0.3 is 48.0 Å². The van der Waals surface area contributed by atoms with Crippen molar-refractivity contribution in [2.75, 3.05) is 0 Å². The molecule has 0 spiro atoms. The number of hydrogen-bond acceptors (Lipinski definition) is 0. The molecule has 0 bridgehead atoms. The second-order valence-electron chi connectivity index (χ2n) is 2.01. The van der Waals surface area contributed by atoms with Gasteiger partial charge in [-0.25, -0.2) is 24.3 Å². The van der Waals surface area contributed by atoms with E-state index in [-0.39, 0.29) is 73.8 Å².